The minimum Gasteiger partial charge on any atom is -0.461 e. The number of hydrogen-bond acceptors (Lipinski definition) is 6. The maximum Gasteiger partial charge on any atom is 0.254 e. The number of fused-ring (bicyclic) bond motifs is 1. The number of hydrogen-bond donors (Lipinski definition) is 0. The SMILES string of the molecule is Cc1ccc(N2CCN(c3cc(C)nc4nc(-c5ccco5)nn34)CC2)c(C)c1. The molecule has 1 aromatic carbocycles. The molecule has 7 heteroatoms. The van der Waals surface area contributed by atoms with Gasteiger partial charge in [0.05, 0.1) is 6.26 Å². The zero-order valence-corrected chi connectivity index (χ0v) is 17.0. The van der Waals surface area contributed by atoms with E-state index in [1.807, 2.05) is 23.6 Å². The summed E-state index contributed by atoms with van der Waals surface area (Å²) in [6.45, 7) is 10.1. The molecule has 1 fully saturated rings. The molecule has 0 unspecified atom stereocenters. The Labute approximate surface area is 169 Å². The summed E-state index contributed by atoms with van der Waals surface area (Å²) >= 11 is 0. The number of aryl methyl sites for hydroxylation is 3. The molecule has 7 nitrogen and oxygen atoms in total. The largest absolute Gasteiger partial charge is 0.461 e. The third kappa shape index (κ3) is 3.22. The molecule has 1 aliphatic heterocycles. The Bertz CT molecular complexity index is 1160. The van der Waals surface area contributed by atoms with E-state index in [2.05, 4.69) is 63.0 Å². The lowest BCUT2D eigenvalue weighted by molar-refractivity contribution is 0.577. The third-order valence-electron chi connectivity index (χ3n) is 5.46. The minimum absolute atomic E-state index is 0.559. The fourth-order valence-electron chi connectivity index (χ4n) is 4.04. The molecule has 0 saturated carbocycles. The van der Waals surface area contributed by atoms with Crippen molar-refractivity contribution < 1.29 is 4.42 Å². The summed E-state index contributed by atoms with van der Waals surface area (Å²) in [4.78, 5) is 13.9. The Morgan fingerprint density at radius 3 is 2.41 bits per heavy atom. The highest BCUT2D eigenvalue weighted by Crippen LogP contribution is 2.26. The second-order valence-corrected chi connectivity index (χ2v) is 7.64. The molecule has 0 bridgehead atoms. The van der Waals surface area contributed by atoms with Crippen LogP contribution in [-0.4, -0.2) is 45.8 Å². The molecule has 5 rings (SSSR count). The van der Waals surface area contributed by atoms with E-state index in [0.717, 1.165) is 37.7 Å². The third-order valence-corrected chi connectivity index (χ3v) is 5.46. The van der Waals surface area contributed by atoms with Crippen LogP contribution in [0.2, 0.25) is 0 Å². The van der Waals surface area contributed by atoms with Gasteiger partial charge in [-0.15, -0.1) is 5.10 Å². The Balaban J connectivity index is 1.43. The van der Waals surface area contributed by atoms with Crippen molar-refractivity contribution in [1.29, 1.82) is 0 Å². The quantitative estimate of drug-likeness (QED) is 0.534. The number of rotatable bonds is 3. The zero-order chi connectivity index (χ0) is 20.0. The monoisotopic (exact) mass is 388 g/mol. The zero-order valence-electron chi connectivity index (χ0n) is 17.0. The molecular weight excluding hydrogens is 364 g/mol. The second kappa shape index (κ2) is 6.92. The Hall–Kier alpha value is -3.35. The average molecular weight is 388 g/mol. The Morgan fingerprint density at radius 2 is 1.69 bits per heavy atom. The van der Waals surface area contributed by atoms with Gasteiger partial charge in [-0.05, 0) is 44.5 Å². The van der Waals surface area contributed by atoms with Gasteiger partial charge in [0.25, 0.3) is 5.78 Å². The topological polar surface area (TPSA) is 62.7 Å². The maximum atomic E-state index is 5.46. The van der Waals surface area contributed by atoms with Crippen LogP contribution in [0, 0.1) is 20.8 Å². The van der Waals surface area contributed by atoms with E-state index in [9.17, 15) is 0 Å². The summed E-state index contributed by atoms with van der Waals surface area (Å²) in [5.74, 6) is 2.84. The molecule has 4 aromatic rings. The number of anilines is 2. The first-order valence-electron chi connectivity index (χ1n) is 9.94. The van der Waals surface area contributed by atoms with Crippen LogP contribution in [0.1, 0.15) is 16.8 Å². The van der Waals surface area contributed by atoms with Crippen molar-refractivity contribution in [2.45, 2.75) is 20.8 Å². The van der Waals surface area contributed by atoms with Crippen molar-refractivity contribution in [2.24, 2.45) is 0 Å². The predicted molar refractivity (Wildman–Crippen MR) is 114 cm³/mol. The van der Waals surface area contributed by atoms with Crippen LogP contribution >= 0.6 is 0 Å². The van der Waals surface area contributed by atoms with Gasteiger partial charge in [0.2, 0.25) is 5.82 Å². The van der Waals surface area contributed by atoms with Gasteiger partial charge in [0.1, 0.15) is 5.82 Å². The van der Waals surface area contributed by atoms with Gasteiger partial charge < -0.3 is 14.2 Å². The average Bonchev–Trinajstić information content (AvgIpc) is 3.37. The molecular formula is C22H24N6O. The molecule has 0 aliphatic carbocycles. The highest BCUT2D eigenvalue weighted by atomic mass is 16.3. The fraction of sp³-hybridized carbons (Fsp3) is 0.318. The molecule has 0 N–H and O–H groups in total. The smallest absolute Gasteiger partial charge is 0.254 e. The van der Waals surface area contributed by atoms with Gasteiger partial charge in [0, 0.05) is 43.6 Å². The second-order valence-electron chi connectivity index (χ2n) is 7.64. The summed E-state index contributed by atoms with van der Waals surface area (Å²) in [5, 5.41) is 4.67. The van der Waals surface area contributed by atoms with Crippen LogP contribution in [0.15, 0.2) is 47.1 Å². The van der Waals surface area contributed by atoms with Gasteiger partial charge in [-0.25, -0.2) is 4.98 Å². The van der Waals surface area contributed by atoms with E-state index < -0.39 is 0 Å². The number of nitrogens with zero attached hydrogens (tertiary/aromatic N) is 6. The normalized spacial score (nSPS) is 14.7. The molecule has 0 amide bonds. The van der Waals surface area contributed by atoms with Crippen LogP contribution in [0.5, 0.6) is 0 Å². The van der Waals surface area contributed by atoms with E-state index in [1.54, 1.807) is 6.26 Å². The van der Waals surface area contributed by atoms with Gasteiger partial charge in [-0.3, -0.25) is 0 Å². The van der Waals surface area contributed by atoms with E-state index >= 15 is 0 Å². The number of piperazine rings is 1. The van der Waals surface area contributed by atoms with Gasteiger partial charge in [-0.1, -0.05) is 17.7 Å². The number of aromatic nitrogens is 4. The summed E-state index contributed by atoms with van der Waals surface area (Å²) in [5.41, 5.74) is 4.90. The van der Waals surface area contributed by atoms with E-state index in [0.29, 0.717) is 17.4 Å². The van der Waals surface area contributed by atoms with E-state index in [1.165, 1.54) is 16.8 Å². The molecule has 1 aliphatic rings. The lowest BCUT2D eigenvalue weighted by atomic mass is 10.1. The van der Waals surface area contributed by atoms with Crippen molar-refractivity contribution in [2.75, 3.05) is 36.0 Å². The Morgan fingerprint density at radius 1 is 0.897 bits per heavy atom. The summed E-state index contributed by atoms with van der Waals surface area (Å²) in [6.07, 6.45) is 1.63. The standard InChI is InChI=1S/C22H24N6O/c1-15-6-7-18(16(2)13-15)26-8-10-27(11-9-26)20-14-17(3)23-22-24-21(25-28(20)22)19-5-4-12-29-19/h4-7,12-14H,8-11H2,1-3H3. The molecule has 29 heavy (non-hydrogen) atoms. The van der Waals surface area contributed by atoms with Gasteiger partial charge in [0.15, 0.2) is 5.76 Å². The molecule has 1 saturated heterocycles. The first-order chi connectivity index (χ1) is 14.1. The lowest BCUT2D eigenvalue weighted by Gasteiger charge is -2.37. The highest BCUT2D eigenvalue weighted by Gasteiger charge is 2.22. The number of benzene rings is 1. The molecule has 0 spiro atoms. The van der Waals surface area contributed by atoms with Crippen LogP contribution < -0.4 is 9.80 Å². The summed E-state index contributed by atoms with van der Waals surface area (Å²) in [6, 6.07) is 12.5. The number of furan rings is 1. The molecule has 3 aromatic heterocycles. The Kier molecular flexibility index (Phi) is 4.23. The van der Waals surface area contributed by atoms with Gasteiger partial charge >= 0.3 is 0 Å². The van der Waals surface area contributed by atoms with Crippen molar-refractivity contribution in [3.05, 3.63) is 59.5 Å². The predicted octanol–water partition coefficient (Wildman–Crippen LogP) is 3.64. The first-order valence-corrected chi connectivity index (χ1v) is 9.94. The first kappa shape index (κ1) is 17.7. The highest BCUT2D eigenvalue weighted by molar-refractivity contribution is 5.58. The molecule has 0 atom stereocenters. The van der Waals surface area contributed by atoms with Crippen molar-refractivity contribution in [3.63, 3.8) is 0 Å². The van der Waals surface area contributed by atoms with Crippen LogP contribution in [0.25, 0.3) is 17.4 Å². The van der Waals surface area contributed by atoms with E-state index in [-0.39, 0.29) is 0 Å². The van der Waals surface area contributed by atoms with Crippen molar-refractivity contribution >= 4 is 17.3 Å². The fourth-order valence-corrected chi connectivity index (χ4v) is 4.04. The van der Waals surface area contributed by atoms with E-state index in [4.69, 9.17) is 4.42 Å². The maximum absolute atomic E-state index is 5.46. The van der Waals surface area contributed by atoms with Crippen LogP contribution in [0.3, 0.4) is 0 Å². The van der Waals surface area contributed by atoms with Gasteiger partial charge in [-0.2, -0.15) is 9.50 Å². The molecule has 4 heterocycles. The summed E-state index contributed by atoms with van der Waals surface area (Å²) < 4.78 is 7.29. The van der Waals surface area contributed by atoms with Crippen LogP contribution in [-0.2, 0) is 0 Å². The van der Waals surface area contributed by atoms with Crippen LogP contribution in [0.4, 0.5) is 11.5 Å². The van der Waals surface area contributed by atoms with Crippen molar-refractivity contribution in [1.82, 2.24) is 19.6 Å². The lowest BCUT2D eigenvalue weighted by Crippen LogP contribution is -2.47. The molecule has 0 radical (unpaired) electrons. The molecule has 148 valence electrons. The minimum atomic E-state index is 0.559. The summed E-state index contributed by atoms with van der Waals surface area (Å²) in [7, 11) is 0. The van der Waals surface area contributed by atoms with Crippen molar-refractivity contribution in [3.8, 4) is 11.6 Å².